The third-order valence-electron chi connectivity index (χ3n) is 2.56. The molecule has 2 rings (SSSR count). The number of para-hydroxylation sites is 2. The lowest BCUT2D eigenvalue weighted by atomic mass is 10.3. The molecule has 0 spiro atoms. The quantitative estimate of drug-likeness (QED) is 0.920. The summed E-state index contributed by atoms with van der Waals surface area (Å²) in [4.78, 5) is 3.96. The van der Waals surface area contributed by atoms with Crippen LogP contribution in [-0.2, 0) is 10.0 Å². The molecule has 0 fully saturated rings. The molecule has 1 heterocycles. The van der Waals surface area contributed by atoms with Gasteiger partial charge in [-0.2, -0.15) is 0 Å². The molecule has 0 bridgehead atoms. The van der Waals surface area contributed by atoms with Gasteiger partial charge >= 0.3 is 0 Å². The summed E-state index contributed by atoms with van der Waals surface area (Å²) >= 11 is 0. The summed E-state index contributed by atoms with van der Waals surface area (Å²) in [5.41, 5.74) is 1.29. The van der Waals surface area contributed by atoms with Gasteiger partial charge in [-0.25, -0.2) is 13.4 Å². The van der Waals surface area contributed by atoms with Crippen molar-refractivity contribution in [3.05, 3.63) is 43.0 Å². The molecule has 96 valence electrons. The summed E-state index contributed by atoms with van der Waals surface area (Å²) < 4.78 is 28.1. The first-order valence-corrected chi connectivity index (χ1v) is 7.14. The Hall–Kier alpha value is -1.82. The molecule has 0 radical (unpaired) electrons. The first kappa shape index (κ1) is 12.6. The van der Waals surface area contributed by atoms with E-state index in [4.69, 9.17) is 0 Å². The smallest absolute Gasteiger partial charge is 0.235 e. The van der Waals surface area contributed by atoms with E-state index in [-0.39, 0.29) is 0 Å². The Labute approximate surface area is 107 Å². The van der Waals surface area contributed by atoms with E-state index in [0.717, 1.165) is 5.69 Å². The van der Waals surface area contributed by atoms with Crippen LogP contribution < -0.4 is 4.72 Å². The van der Waals surface area contributed by atoms with Gasteiger partial charge in [-0.15, -0.1) is 0 Å². The largest absolute Gasteiger partial charge is 0.304 e. The fourth-order valence-corrected chi connectivity index (χ4v) is 2.17. The van der Waals surface area contributed by atoms with Crippen LogP contribution in [0.15, 0.2) is 43.0 Å². The molecular weight excluding hydrogens is 250 g/mol. The SMILES string of the molecule is CC(C)S(=O)(=O)Nc1ccccc1-n1ccnc1. The fourth-order valence-electron chi connectivity index (χ4n) is 1.46. The summed E-state index contributed by atoms with van der Waals surface area (Å²) in [6.07, 6.45) is 5.04. The minimum atomic E-state index is -3.35. The molecule has 18 heavy (non-hydrogen) atoms. The summed E-state index contributed by atoms with van der Waals surface area (Å²) in [6, 6.07) is 7.20. The van der Waals surface area contributed by atoms with Crippen molar-refractivity contribution in [3.63, 3.8) is 0 Å². The molecule has 0 saturated heterocycles. The third kappa shape index (κ3) is 2.53. The molecule has 2 aromatic rings. The van der Waals surface area contributed by atoms with Crippen molar-refractivity contribution < 1.29 is 8.42 Å². The van der Waals surface area contributed by atoms with Gasteiger partial charge in [0, 0.05) is 12.4 Å². The second-order valence-electron chi connectivity index (χ2n) is 4.18. The zero-order chi connectivity index (χ0) is 13.2. The van der Waals surface area contributed by atoms with Crippen LogP contribution in [0.2, 0.25) is 0 Å². The summed E-state index contributed by atoms with van der Waals surface area (Å²) in [5.74, 6) is 0. The average molecular weight is 265 g/mol. The summed E-state index contributed by atoms with van der Waals surface area (Å²) in [5, 5.41) is -0.478. The van der Waals surface area contributed by atoms with Crippen molar-refractivity contribution in [3.8, 4) is 5.69 Å². The number of hydrogen-bond donors (Lipinski definition) is 1. The van der Waals surface area contributed by atoms with Gasteiger partial charge in [0.15, 0.2) is 0 Å². The monoisotopic (exact) mass is 265 g/mol. The highest BCUT2D eigenvalue weighted by Gasteiger charge is 2.17. The minimum Gasteiger partial charge on any atom is -0.304 e. The number of imidazole rings is 1. The van der Waals surface area contributed by atoms with Crippen molar-refractivity contribution in [2.45, 2.75) is 19.1 Å². The van der Waals surface area contributed by atoms with Crippen LogP contribution in [-0.4, -0.2) is 23.2 Å². The number of hydrogen-bond acceptors (Lipinski definition) is 3. The van der Waals surface area contributed by atoms with Gasteiger partial charge in [0.25, 0.3) is 0 Å². The third-order valence-corrected chi connectivity index (χ3v) is 4.31. The molecule has 0 atom stereocenters. The van der Waals surface area contributed by atoms with Crippen LogP contribution in [0.5, 0.6) is 0 Å². The van der Waals surface area contributed by atoms with Gasteiger partial charge in [-0.1, -0.05) is 12.1 Å². The number of anilines is 1. The average Bonchev–Trinajstić information content (AvgIpc) is 2.82. The number of benzene rings is 1. The maximum absolute atomic E-state index is 11.9. The highest BCUT2D eigenvalue weighted by atomic mass is 32.2. The predicted molar refractivity (Wildman–Crippen MR) is 71.2 cm³/mol. The Morgan fingerprint density at radius 3 is 2.61 bits per heavy atom. The van der Waals surface area contributed by atoms with Gasteiger partial charge < -0.3 is 4.57 Å². The van der Waals surface area contributed by atoms with E-state index < -0.39 is 15.3 Å². The highest BCUT2D eigenvalue weighted by molar-refractivity contribution is 7.93. The van der Waals surface area contributed by atoms with E-state index in [1.54, 1.807) is 49.3 Å². The molecule has 0 aliphatic carbocycles. The Balaban J connectivity index is 2.41. The second-order valence-corrected chi connectivity index (χ2v) is 6.42. The van der Waals surface area contributed by atoms with Crippen LogP contribution in [0, 0.1) is 0 Å². The molecule has 5 nitrogen and oxygen atoms in total. The number of sulfonamides is 1. The van der Waals surface area contributed by atoms with Crippen LogP contribution in [0.3, 0.4) is 0 Å². The lowest BCUT2D eigenvalue weighted by molar-refractivity contribution is 0.592. The molecular formula is C12H15N3O2S. The fraction of sp³-hybridized carbons (Fsp3) is 0.250. The second kappa shape index (κ2) is 4.81. The summed E-state index contributed by atoms with van der Waals surface area (Å²) in [6.45, 7) is 3.28. The van der Waals surface area contributed by atoms with E-state index >= 15 is 0 Å². The van der Waals surface area contributed by atoms with Gasteiger partial charge in [0.1, 0.15) is 0 Å². The number of nitrogens with one attached hydrogen (secondary N) is 1. The topological polar surface area (TPSA) is 64.0 Å². The van der Waals surface area contributed by atoms with Crippen molar-refractivity contribution in [1.82, 2.24) is 9.55 Å². The van der Waals surface area contributed by atoms with Gasteiger partial charge in [-0.05, 0) is 26.0 Å². The van der Waals surface area contributed by atoms with Crippen molar-refractivity contribution >= 4 is 15.7 Å². The maximum Gasteiger partial charge on any atom is 0.235 e. The molecule has 0 amide bonds. The molecule has 1 aromatic heterocycles. The summed E-state index contributed by atoms with van der Waals surface area (Å²) in [7, 11) is -3.35. The lowest BCUT2D eigenvalue weighted by Crippen LogP contribution is -2.23. The Bertz CT molecular complexity index is 619. The van der Waals surface area contributed by atoms with E-state index in [9.17, 15) is 8.42 Å². The molecule has 1 aromatic carbocycles. The van der Waals surface area contributed by atoms with Gasteiger partial charge in [0.05, 0.1) is 23.0 Å². The molecule has 1 N–H and O–H groups in total. The molecule has 0 saturated carbocycles. The maximum atomic E-state index is 11.9. The Morgan fingerprint density at radius 2 is 2.00 bits per heavy atom. The standard InChI is InChI=1S/C12H15N3O2S/c1-10(2)18(16,17)14-11-5-3-4-6-12(11)15-8-7-13-9-15/h3-10,14H,1-2H3. The Morgan fingerprint density at radius 1 is 1.28 bits per heavy atom. The van der Waals surface area contributed by atoms with E-state index in [1.165, 1.54) is 0 Å². The molecule has 6 heteroatoms. The molecule has 0 aliphatic rings. The number of aromatic nitrogens is 2. The number of rotatable bonds is 4. The van der Waals surface area contributed by atoms with E-state index in [0.29, 0.717) is 5.69 Å². The van der Waals surface area contributed by atoms with Crippen LogP contribution in [0.25, 0.3) is 5.69 Å². The highest BCUT2D eigenvalue weighted by Crippen LogP contribution is 2.21. The van der Waals surface area contributed by atoms with Crippen LogP contribution in [0.1, 0.15) is 13.8 Å². The first-order chi connectivity index (χ1) is 8.50. The van der Waals surface area contributed by atoms with Crippen LogP contribution in [0.4, 0.5) is 5.69 Å². The zero-order valence-corrected chi connectivity index (χ0v) is 11.1. The van der Waals surface area contributed by atoms with Crippen molar-refractivity contribution in [2.24, 2.45) is 0 Å². The minimum absolute atomic E-state index is 0.478. The van der Waals surface area contributed by atoms with Gasteiger partial charge in [-0.3, -0.25) is 4.72 Å². The van der Waals surface area contributed by atoms with Crippen molar-refractivity contribution in [2.75, 3.05) is 4.72 Å². The van der Waals surface area contributed by atoms with Gasteiger partial charge in [0.2, 0.25) is 10.0 Å². The molecule has 0 aliphatic heterocycles. The first-order valence-electron chi connectivity index (χ1n) is 5.59. The number of nitrogens with zero attached hydrogens (tertiary/aromatic N) is 2. The predicted octanol–water partition coefficient (Wildman–Crippen LogP) is 2.02. The van der Waals surface area contributed by atoms with E-state index in [2.05, 4.69) is 9.71 Å². The lowest BCUT2D eigenvalue weighted by Gasteiger charge is -2.14. The van der Waals surface area contributed by atoms with Crippen molar-refractivity contribution in [1.29, 1.82) is 0 Å². The molecule has 0 unspecified atom stereocenters. The Kier molecular flexibility index (Phi) is 3.38. The van der Waals surface area contributed by atoms with E-state index in [1.807, 2.05) is 12.1 Å². The zero-order valence-electron chi connectivity index (χ0n) is 10.2. The van der Waals surface area contributed by atoms with Crippen LogP contribution >= 0.6 is 0 Å². The normalized spacial score (nSPS) is 11.7.